The summed E-state index contributed by atoms with van der Waals surface area (Å²) in [6.07, 6.45) is 0. The first-order chi connectivity index (χ1) is 3.27. The van der Waals surface area contributed by atoms with Crippen molar-refractivity contribution in [1.29, 1.82) is 0 Å². The quantitative estimate of drug-likeness (QED) is 0.528. The topological polar surface area (TPSA) is 32.3 Å². The lowest BCUT2D eigenvalue weighted by atomic mass is 10.5. The van der Waals surface area contributed by atoms with Crippen LogP contribution in [0, 0.1) is 0 Å². The molecule has 0 amide bonds. The van der Waals surface area contributed by atoms with Crippen LogP contribution >= 0.6 is 0 Å². The third-order valence-electron chi connectivity index (χ3n) is 0.539. The van der Waals surface area contributed by atoms with Crippen molar-refractivity contribution in [2.75, 3.05) is 13.2 Å². The van der Waals surface area contributed by atoms with E-state index < -0.39 is 0 Å². The van der Waals surface area contributed by atoms with Crippen molar-refractivity contribution in [3.8, 4) is 0 Å². The Kier molecular flexibility index (Phi) is 3.42. The molecule has 2 N–H and O–H groups in total. The molecule has 0 bridgehead atoms. The summed E-state index contributed by atoms with van der Waals surface area (Å²) in [5, 5.41) is 11.1. The van der Waals surface area contributed by atoms with Gasteiger partial charge >= 0.3 is 0 Å². The molecule has 0 aromatic rings. The van der Waals surface area contributed by atoms with E-state index in [9.17, 15) is 0 Å². The van der Waals surface area contributed by atoms with Crippen molar-refractivity contribution in [2.24, 2.45) is 0 Å². The van der Waals surface area contributed by atoms with Crippen molar-refractivity contribution in [1.82, 2.24) is 5.32 Å². The normalized spacial score (nSPS) is 8.29. The predicted molar refractivity (Wildman–Crippen MR) is 29.9 cm³/mol. The van der Waals surface area contributed by atoms with Gasteiger partial charge in [-0.25, -0.2) is 0 Å². The van der Waals surface area contributed by atoms with E-state index in [1.807, 2.05) is 6.92 Å². The van der Waals surface area contributed by atoms with E-state index in [-0.39, 0.29) is 6.61 Å². The van der Waals surface area contributed by atoms with Gasteiger partial charge in [-0.3, -0.25) is 0 Å². The number of rotatable bonds is 3. The Hall–Kier alpha value is -0.500. The fourth-order valence-electron chi connectivity index (χ4n) is 0.269. The van der Waals surface area contributed by atoms with Crippen LogP contribution in [0.2, 0.25) is 0 Å². The summed E-state index contributed by atoms with van der Waals surface area (Å²) >= 11 is 0. The monoisotopic (exact) mass is 101 g/mol. The first kappa shape index (κ1) is 6.50. The lowest BCUT2D eigenvalue weighted by Crippen LogP contribution is -2.14. The Morgan fingerprint density at radius 2 is 2.43 bits per heavy atom. The Morgan fingerprint density at radius 1 is 1.86 bits per heavy atom. The van der Waals surface area contributed by atoms with Crippen LogP contribution in [-0.2, 0) is 0 Å². The third-order valence-corrected chi connectivity index (χ3v) is 0.539. The first-order valence-electron chi connectivity index (χ1n) is 2.27. The maximum atomic E-state index is 8.21. The maximum Gasteiger partial charge on any atom is 0.0603 e. The lowest BCUT2D eigenvalue weighted by molar-refractivity contribution is 0.297. The summed E-state index contributed by atoms with van der Waals surface area (Å²) in [4.78, 5) is 0. The minimum atomic E-state index is 0.173. The molecule has 0 aliphatic heterocycles. The second kappa shape index (κ2) is 3.68. The van der Waals surface area contributed by atoms with Crippen LogP contribution in [0.4, 0.5) is 0 Å². The fraction of sp³-hybridized carbons (Fsp3) is 0.600. The maximum absolute atomic E-state index is 8.21. The molecule has 0 saturated carbocycles. The molecule has 2 heteroatoms. The van der Waals surface area contributed by atoms with Gasteiger partial charge in [0, 0.05) is 12.2 Å². The highest BCUT2D eigenvalue weighted by molar-refractivity contribution is 4.83. The Morgan fingerprint density at radius 3 is 2.57 bits per heavy atom. The second-order valence-electron chi connectivity index (χ2n) is 1.43. The first-order valence-corrected chi connectivity index (χ1v) is 2.27. The molecular formula is C5H11NO. The van der Waals surface area contributed by atoms with Gasteiger partial charge in [-0.15, -0.1) is 0 Å². The van der Waals surface area contributed by atoms with E-state index >= 15 is 0 Å². The Labute approximate surface area is 43.9 Å². The van der Waals surface area contributed by atoms with Crippen LogP contribution in [0.5, 0.6) is 0 Å². The van der Waals surface area contributed by atoms with Crippen LogP contribution in [0.3, 0.4) is 0 Å². The van der Waals surface area contributed by atoms with Crippen molar-refractivity contribution in [3.05, 3.63) is 12.3 Å². The van der Waals surface area contributed by atoms with Gasteiger partial charge in [-0.2, -0.15) is 0 Å². The van der Waals surface area contributed by atoms with E-state index in [2.05, 4.69) is 11.9 Å². The zero-order valence-corrected chi connectivity index (χ0v) is 4.57. The molecule has 0 fully saturated rings. The average Bonchev–Trinajstić information content (AvgIpc) is 1.61. The number of nitrogens with one attached hydrogen (secondary N) is 1. The van der Waals surface area contributed by atoms with Crippen molar-refractivity contribution in [3.63, 3.8) is 0 Å². The summed E-state index contributed by atoms with van der Waals surface area (Å²) in [5.74, 6) is 0. The fourth-order valence-corrected chi connectivity index (χ4v) is 0.269. The summed E-state index contributed by atoms with van der Waals surface area (Å²) in [6, 6.07) is 0. The molecule has 0 aromatic carbocycles. The summed E-state index contributed by atoms with van der Waals surface area (Å²) in [7, 11) is 0. The molecule has 0 aliphatic rings. The van der Waals surface area contributed by atoms with E-state index in [1.165, 1.54) is 0 Å². The van der Waals surface area contributed by atoms with Gasteiger partial charge in [0.15, 0.2) is 0 Å². The molecule has 0 spiro atoms. The van der Waals surface area contributed by atoms with Crippen LogP contribution in [0.1, 0.15) is 6.92 Å². The molecule has 2 nitrogen and oxygen atoms in total. The highest BCUT2D eigenvalue weighted by Gasteiger charge is 1.77. The van der Waals surface area contributed by atoms with Crippen molar-refractivity contribution in [2.45, 2.75) is 6.92 Å². The van der Waals surface area contributed by atoms with Gasteiger partial charge in [0.25, 0.3) is 0 Å². The molecule has 0 rings (SSSR count). The average molecular weight is 101 g/mol. The van der Waals surface area contributed by atoms with Gasteiger partial charge in [-0.1, -0.05) is 6.58 Å². The van der Waals surface area contributed by atoms with Crippen LogP contribution in [-0.4, -0.2) is 18.3 Å². The smallest absolute Gasteiger partial charge is 0.0603 e. The number of aliphatic hydroxyl groups is 1. The van der Waals surface area contributed by atoms with E-state index in [4.69, 9.17) is 5.11 Å². The largest absolute Gasteiger partial charge is 0.395 e. The molecule has 0 heterocycles. The molecule has 0 saturated heterocycles. The van der Waals surface area contributed by atoms with Crippen LogP contribution < -0.4 is 5.32 Å². The van der Waals surface area contributed by atoms with Crippen LogP contribution in [0.25, 0.3) is 0 Å². The minimum Gasteiger partial charge on any atom is -0.395 e. The van der Waals surface area contributed by atoms with Gasteiger partial charge in [-0.05, 0) is 6.92 Å². The van der Waals surface area contributed by atoms with Crippen molar-refractivity contribution < 1.29 is 5.11 Å². The Bertz CT molecular complexity index is 61.1. The zero-order chi connectivity index (χ0) is 5.70. The molecule has 42 valence electrons. The lowest BCUT2D eigenvalue weighted by Gasteiger charge is -1.98. The number of allylic oxidation sites excluding steroid dienone is 1. The highest BCUT2D eigenvalue weighted by Crippen LogP contribution is 1.73. The molecule has 7 heavy (non-hydrogen) atoms. The van der Waals surface area contributed by atoms with Gasteiger partial charge in [0.2, 0.25) is 0 Å². The van der Waals surface area contributed by atoms with E-state index in [1.54, 1.807) is 0 Å². The number of hydrogen-bond donors (Lipinski definition) is 2. The SMILES string of the molecule is C=C(C)NCCO. The molecular weight excluding hydrogens is 90.1 g/mol. The molecule has 0 unspecified atom stereocenters. The van der Waals surface area contributed by atoms with Gasteiger partial charge in [0.1, 0.15) is 0 Å². The Balaban J connectivity index is 2.82. The third kappa shape index (κ3) is 5.50. The molecule has 0 aliphatic carbocycles. The standard InChI is InChI=1S/C5H11NO/c1-5(2)6-3-4-7/h6-7H,1,3-4H2,2H3. The molecule has 0 atom stereocenters. The summed E-state index contributed by atoms with van der Waals surface area (Å²) in [5.41, 5.74) is 0.897. The number of aliphatic hydroxyl groups excluding tert-OH is 1. The van der Waals surface area contributed by atoms with Crippen molar-refractivity contribution >= 4 is 0 Å². The van der Waals surface area contributed by atoms with Gasteiger partial charge in [0.05, 0.1) is 6.61 Å². The van der Waals surface area contributed by atoms with E-state index in [0.717, 1.165) is 5.70 Å². The van der Waals surface area contributed by atoms with Gasteiger partial charge < -0.3 is 10.4 Å². The second-order valence-corrected chi connectivity index (χ2v) is 1.43. The van der Waals surface area contributed by atoms with E-state index in [0.29, 0.717) is 6.54 Å². The minimum absolute atomic E-state index is 0.173. The highest BCUT2D eigenvalue weighted by atomic mass is 16.3. The summed E-state index contributed by atoms with van der Waals surface area (Å²) in [6.45, 7) is 6.21. The molecule has 0 radical (unpaired) electrons. The summed E-state index contributed by atoms with van der Waals surface area (Å²) < 4.78 is 0. The molecule has 0 aromatic heterocycles. The predicted octanol–water partition coefficient (Wildman–Crippen LogP) is 0.102. The number of hydrogen-bond acceptors (Lipinski definition) is 2. The van der Waals surface area contributed by atoms with Crippen LogP contribution in [0.15, 0.2) is 12.3 Å². The zero-order valence-electron chi connectivity index (χ0n) is 4.57.